The predicted molar refractivity (Wildman–Crippen MR) is 63.1 cm³/mol. The molecule has 1 aromatic carbocycles. The number of ether oxygens (including phenoxy) is 1. The van der Waals surface area contributed by atoms with Gasteiger partial charge >= 0.3 is 0 Å². The highest BCUT2D eigenvalue weighted by molar-refractivity contribution is 7.91. The van der Waals surface area contributed by atoms with Crippen LogP contribution in [0.25, 0.3) is 0 Å². The summed E-state index contributed by atoms with van der Waals surface area (Å²) < 4.78 is 28.3. The fraction of sp³-hybridized carbons (Fsp3) is 0.333. The number of benzene rings is 1. The maximum absolute atomic E-state index is 11.5. The molecule has 1 aromatic rings. The molecule has 0 radical (unpaired) electrons. The first kappa shape index (κ1) is 12.6. The Hall–Kier alpha value is -1.47. The smallest absolute Gasteiger partial charge is 0.178 e. The zero-order chi connectivity index (χ0) is 12.0. The highest BCUT2D eigenvalue weighted by Crippen LogP contribution is 2.16. The van der Waals surface area contributed by atoms with Crippen molar-refractivity contribution in [3.63, 3.8) is 0 Å². The Morgan fingerprint density at radius 1 is 1.25 bits per heavy atom. The summed E-state index contributed by atoms with van der Waals surface area (Å²) in [5.41, 5.74) is 0. The number of hydrogen-bond acceptors (Lipinski definition) is 3. The molecule has 0 saturated carbocycles. The molecule has 1 rings (SSSR count). The molecule has 0 fully saturated rings. The van der Waals surface area contributed by atoms with Gasteiger partial charge in [0.2, 0.25) is 0 Å². The van der Waals surface area contributed by atoms with Gasteiger partial charge in [-0.25, -0.2) is 8.42 Å². The molecule has 3 nitrogen and oxygen atoms in total. The van der Waals surface area contributed by atoms with Crippen LogP contribution in [0.4, 0.5) is 0 Å². The van der Waals surface area contributed by atoms with Crippen molar-refractivity contribution in [3.05, 3.63) is 24.3 Å². The van der Waals surface area contributed by atoms with Crippen molar-refractivity contribution in [2.24, 2.45) is 0 Å². The number of rotatable bonds is 4. The van der Waals surface area contributed by atoms with Crippen molar-refractivity contribution in [2.45, 2.75) is 18.7 Å². The fourth-order valence-corrected chi connectivity index (χ4v) is 1.99. The van der Waals surface area contributed by atoms with Crippen LogP contribution in [0, 0.1) is 11.8 Å². The van der Waals surface area contributed by atoms with E-state index >= 15 is 0 Å². The third-order valence-corrected chi connectivity index (χ3v) is 3.80. The van der Waals surface area contributed by atoms with E-state index in [0.717, 1.165) is 0 Å². The van der Waals surface area contributed by atoms with Gasteiger partial charge in [-0.1, -0.05) is 12.8 Å². The first-order chi connectivity index (χ1) is 7.60. The summed E-state index contributed by atoms with van der Waals surface area (Å²) in [6, 6.07) is 6.38. The molecule has 0 bridgehead atoms. The summed E-state index contributed by atoms with van der Waals surface area (Å²) in [6.07, 6.45) is 0. The molecule has 0 aliphatic carbocycles. The molecule has 0 heterocycles. The van der Waals surface area contributed by atoms with E-state index in [4.69, 9.17) is 4.74 Å². The first-order valence-corrected chi connectivity index (χ1v) is 6.60. The minimum Gasteiger partial charge on any atom is -0.481 e. The molecule has 4 heteroatoms. The Balaban J connectivity index is 2.78. The molecule has 0 saturated heterocycles. The lowest BCUT2D eigenvalue weighted by Crippen LogP contribution is -2.03. The van der Waals surface area contributed by atoms with Crippen molar-refractivity contribution in [2.75, 3.05) is 12.4 Å². The number of hydrogen-bond donors (Lipinski definition) is 0. The zero-order valence-corrected chi connectivity index (χ0v) is 10.2. The topological polar surface area (TPSA) is 43.4 Å². The van der Waals surface area contributed by atoms with Crippen molar-refractivity contribution in [1.82, 2.24) is 0 Å². The van der Waals surface area contributed by atoms with E-state index in [1.807, 2.05) is 0 Å². The van der Waals surface area contributed by atoms with Gasteiger partial charge in [-0.05, 0) is 31.2 Å². The normalized spacial score (nSPS) is 10.4. The van der Waals surface area contributed by atoms with Crippen LogP contribution in [-0.4, -0.2) is 20.8 Å². The monoisotopic (exact) mass is 238 g/mol. The van der Waals surface area contributed by atoms with Gasteiger partial charge < -0.3 is 4.74 Å². The molecular weight excluding hydrogens is 224 g/mol. The average Bonchev–Trinajstić information content (AvgIpc) is 2.30. The van der Waals surface area contributed by atoms with Crippen molar-refractivity contribution in [1.29, 1.82) is 0 Å². The van der Waals surface area contributed by atoms with Crippen LogP contribution in [0.3, 0.4) is 0 Å². The van der Waals surface area contributed by atoms with E-state index in [1.165, 1.54) is 0 Å². The highest BCUT2D eigenvalue weighted by atomic mass is 32.2. The van der Waals surface area contributed by atoms with Gasteiger partial charge in [0, 0.05) is 0 Å². The van der Waals surface area contributed by atoms with Crippen LogP contribution >= 0.6 is 0 Å². The molecule has 0 N–H and O–H groups in total. The van der Waals surface area contributed by atoms with Gasteiger partial charge in [-0.15, -0.1) is 5.92 Å². The van der Waals surface area contributed by atoms with Gasteiger partial charge in [-0.3, -0.25) is 0 Å². The third kappa shape index (κ3) is 3.28. The van der Waals surface area contributed by atoms with E-state index < -0.39 is 9.84 Å². The third-order valence-electron chi connectivity index (χ3n) is 2.05. The maximum Gasteiger partial charge on any atom is 0.178 e. The van der Waals surface area contributed by atoms with Gasteiger partial charge in [0.05, 0.1) is 10.6 Å². The average molecular weight is 238 g/mol. The molecule has 0 aliphatic heterocycles. The lowest BCUT2D eigenvalue weighted by molar-refractivity contribution is 0.370. The molecule has 0 unspecified atom stereocenters. The summed E-state index contributed by atoms with van der Waals surface area (Å²) in [5, 5.41) is 0. The minimum absolute atomic E-state index is 0.106. The Labute approximate surface area is 96.4 Å². The second-order valence-electron chi connectivity index (χ2n) is 3.09. The lowest BCUT2D eigenvalue weighted by Gasteiger charge is -2.04. The molecule has 16 heavy (non-hydrogen) atoms. The first-order valence-electron chi connectivity index (χ1n) is 4.95. The van der Waals surface area contributed by atoms with E-state index in [1.54, 1.807) is 38.1 Å². The summed E-state index contributed by atoms with van der Waals surface area (Å²) >= 11 is 0. The Morgan fingerprint density at radius 3 is 2.38 bits per heavy atom. The lowest BCUT2D eigenvalue weighted by atomic mass is 10.3. The van der Waals surface area contributed by atoms with Gasteiger partial charge in [-0.2, -0.15) is 0 Å². The van der Waals surface area contributed by atoms with Crippen LogP contribution in [0.1, 0.15) is 13.8 Å². The zero-order valence-electron chi connectivity index (χ0n) is 9.36. The van der Waals surface area contributed by atoms with Crippen LogP contribution in [0.5, 0.6) is 5.75 Å². The van der Waals surface area contributed by atoms with E-state index in [2.05, 4.69) is 11.8 Å². The SMILES string of the molecule is CC#CCOc1ccc(S(=O)(=O)CC)cc1. The number of sulfone groups is 1. The van der Waals surface area contributed by atoms with E-state index in [0.29, 0.717) is 17.3 Å². The predicted octanol–water partition coefficient (Wildman–Crippen LogP) is 1.88. The van der Waals surface area contributed by atoms with Crippen LogP contribution < -0.4 is 4.74 Å². The summed E-state index contributed by atoms with van der Waals surface area (Å²) in [4.78, 5) is 0.323. The summed E-state index contributed by atoms with van der Waals surface area (Å²) in [6.45, 7) is 3.67. The van der Waals surface area contributed by atoms with Gasteiger partial charge in [0.25, 0.3) is 0 Å². The summed E-state index contributed by atoms with van der Waals surface area (Å²) in [7, 11) is -3.12. The van der Waals surface area contributed by atoms with Gasteiger partial charge in [0.15, 0.2) is 9.84 Å². The highest BCUT2D eigenvalue weighted by Gasteiger charge is 2.10. The summed E-state index contributed by atoms with van der Waals surface area (Å²) in [5.74, 6) is 6.20. The minimum atomic E-state index is -3.12. The largest absolute Gasteiger partial charge is 0.481 e. The van der Waals surface area contributed by atoms with E-state index in [9.17, 15) is 8.42 Å². The van der Waals surface area contributed by atoms with Gasteiger partial charge in [0.1, 0.15) is 12.4 Å². The molecule has 0 atom stereocenters. The molecule has 0 aromatic heterocycles. The molecule has 0 spiro atoms. The van der Waals surface area contributed by atoms with Crippen LogP contribution in [0.15, 0.2) is 29.2 Å². The molecular formula is C12H14O3S. The second kappa shape index (κ2) is 5.57. The van der Waals surface area contributed by atoms with Crippen LogP contribution in [0.2, 0.25) is 0 Å². The Morgan fingerprint density at radius 2 is 1.88 bits per heavy atom. The molecule has 86 valence electrons. The second-order valence-corrected chi connectivity index (χ2v) is 5.37. The van der Waals surface area contributed by atoms with Crippen molar-refractivity contribution in [3.8, 4) is 17.6 Å². The van der Waals surface area contributed by atoms with Crippen LogP contribution in [-0.2, 0) is 9.84 Å². The Bertz CT molecular complexity index is 489. The van der Waals surface area contributed by atoms with Crippen molar-refractivity contribution >= 4 is 9.84 Å². The Kier molecular flexibility index (Phi) is 4.39. The van der Waals surface area contributed by atoms with Crippen molar-refractivity contribution < 1.29 is 13.2 Å². The van der Waals surface area contributed by atoms with E-state index in [-0.39, 0.29) is 5.75 Å². The standard InChI is InChI=1S/C12H14O3S/c1-3-5-10-15-11-6-8-12(9-7-11)16(13,14)4-2/h6-9H,4,10H2,1-2H3. The quantitative estimate of drug-likeness (QED) is 0.752. The molecule has 0 amide bonds. The fourth-order valence-electron chi connectivity index (χ4n) is 1.10. The maximum atomic E-state index is 11.5. The molecule has 0 aliphatic rings.